The van der Waals surface area contributed by atoms with Crippen LogP contribution in [0.2, 0.25) is 0 Å². The Hall–Kier alpha value is -3.26. The van der Waals surface area contributed by atoms with Crippen LogP contribution in [0.3, 0.4) is 0 Å². The van der Waals surface area contributed by atoms with Gasteiger partial charge in [0.15, 0.2) is 0 Å². The molecule has 0 heterocycles. The van der Waals surface area contributed by atoms with E-state index in [-0.39, 0.29) is 0 Å². The van der Waals surface area contributed by atoms with Gasteiger partial charge in [0, 0.05) is 6.42 Å². The second-order valence-electron chi connectivity index (χ2n) is 4.83. The van der Waals surface area contributed by atoms with Crippen molar-refractivity contribution in [3.8, 4) is 0 Å². The van der Waals surface area contributed by atoms with Crippen LogP contribution in [0.1, 0.15) is 25.7 Å². The maximum atomic E-state index is 11.6. The molecule has 0 aliphatic heterocycles. The minimum Gasteiger partial charge on any atom is -0.481 e. The Morgan fingerprint density at radius 1 is 0.962 bits per heavy atom. The van der Waals surface area contributed by atoms with Gasteiger partial charge in [-0.15, -0.1) is 0 Å². The van der Waals surface area contributed by atoms with E-state index in [1.165, 1.54) is 0 Å². The van der Waals surface area contributed by atoms with E-state index in [0.29, 0.717) is 0 Å². The molecule has 0 aromatic carbocycles. The maximum absolute atomic E-state index is 11.6. The summed E-state index contributed by atoms with van der Waals surface area (Å²) in [6, 6.07) is -1.49. The van der Waals surface area contributed by atoms with Gasteiger partial charge in [-0.05, 0) is 12.8 Å². The predicted octanol–water partition coefficient (Wildman–Crippen LogP) is -2.04. The summed E-state index contributed by atoms with van der Waals surface area (Å²) in [6.07, 6.45) is -4.56. The van der Waals surface area contributed by atoms with Gasteiger partial charge in [-0.2, -0.15) is 0 Å². The lowest BCUT2D eigenvalue weighted by Gasteiger charge is -2.20. The number of carbonyl (C=O) groups is 6. The average molecular weight is 380 g/mol. The maximum Gasteiger partial charge on any atom is 0.513 e. The van der Waals surface area contributed by atoms with Crippen molar-refractivity contribution < 1.29 is 58.6 Å². The highest BCUT2D eigenvalue weighted by Crippen LogP contribution is 2.13. The molecule has 14 heteroatoms. The number of carboxylic acids is 2. The Bertz CT molecular complexity index is 603. The van der Waals surface area contributed by atoms with Crippen LogP contribution in [0.5, 0.6) is 0 Å². The van der Waals surface area contributed by atoms with Gasteiger partial charge in [0.1, 0.15) is 6.04 Å². The molecule has 7 N–H and O–H groups in total. The summed E-state index contributed by atoms with van der Waals surface area (Å²) in [5.41, 5.74) is 7.74. The first kappa shape index (κ1) is 22.7. The topological polar surface area (TPSA) is 243 Å². The molecule has 0 saturated carbocycles. The van der Waals surface area contributed by atoms with Crippen LogP contribution in [0, 0.1) is 0 Å². The molecule has 0 aliphatic rings. The SMILES string of the molecule is N[C@H](CCC(=O)OOC(=O)C(N)(CCC(=O)O)C(=O)O)C(=O)OC(=O)O. The van der Waals surface area contributed by atoms with Gasteiger partial charge in [-0.25, -0.2) is 33.7 Å². The first-order chi connectivity index (χ1) is 11.9. The van der Waals surface area contributed by atoms with E-state index in [2.05, 4.69) is 14.5 Å². The molecular weight excluding hydrogens is 364 g/mol. The number of rotatable bonds is 9. The van der Waals surface area contributed by atoms with Gasteiger partial charge in [0.05, 0.1) is 6.42 Å². The Morgan fingerprint density at radius 2 is 1.54 bits per heavy atom. The lowest BCUT2D eigenvalue weighted by Crippen LogP contribution is -2.56. The van der Waals surface area contributed by atoms with Crippen molar-refractivity contribution in [2.75, 3.05) is 0 Å². The summed E-state index contributed by atoms with van der Waals surface area (Å²) < 4.78 is 3.75. The summed E-state index contributed by atoms with van der Waals surface area (Å²) in [7, 11) is 0. The highest BCUT2D eigenvalue weighted by atomic mass is 17.2. The molecule has 0 aliphatic carbocycles. The van der Waals surface area contributed by atoms with Crippen molar-refractivity contribution in [1.82, 2.24) is 0 Å². The molecule has 0 rings (SSSR count). The van der Waals surface area contributed by atoms with E-state index < -0.39 is 73.3 Å². The van der Waals surface area contributed by atoms with Crippen molar-refractivity contribution in [2.45, 2.75) is 37.3 Å². The third kappa shape index (κ3) is 7.54. The van der Waals surface area contributed by atoms with E-state index in [1.54, 1.807) is 0 Å². The Balaban J connectivity index is 4.53. The van der Waals surface area contributed by atoms with E-state index in [0.717, 1.165) is 0 Å². The van der Waals surface area contributed by atoms with E-state index in [1.807, 2.05) is 0 Å². The van der Waals surface area contributed by atoms with Gasteiger partial charge < -0.3 is 31.5 Å². The molecule has 26 heavy (non-hydrogen) atoms. The molecule has 14 nitrogen and oxygen atoms in total. The number of aliphatic carboxylic acids is 2. The minimum atomic E-state index is -2.76. The second kappa shape index (κ2) is 9.90. The third-order valence-electron chi connectivity index (χ3n) is 2.84. The lowest BCUT2D eigenvalue weighted by molar-refractivity contribution is -0.263. The minimum absolute atomic E-state index is 0.436. The Kier molecular flexibility index (Phi) is 8.66. The summed E-state index contributed by atoms with van der Waals surface area (Å²) in [5, 5.41) is 25.6. The molecule has 0 aromatic heterocycles. The summed E-state index contributed by atoms with van der Waals surface area (Å²) in [6.45, 7) is 0. The van der Waals surface area contributed by atoms with Gasteiger partial charge in [0.2, 0.25) is 5.54 Å². The van der Waals surface area contributed by atoms with Crippen LogP contribution in [0.4, 0.5) is 4.79 Å². The zero-order valence-corrected chi connectivity index (χ0v) is 13.1. The van der Waals surface area contributed by atoms with Gasteiger partial charge >= 0.3 is 36.0 Å². The summed E-state index contributed by atoms with van der Waals surface area (Å²) in [4.78, 5) is 73.7. The van der Waals surface area contributed by atoms with Crippen LogP contribution < -0.4 is 11.5 Å². The third-order valence-corrected chi connectivity index (χ3v) is 2.84. The van der Waals surface area contributed by atoms with Crippen molar-refractivity contribution in [2.24, 2.45) is 11.5 Å². The Labute approximate surface area is 144 Å². The van der Waals surface area contributed by atoms with Gasteiger partial charge in [-0.3, -0.25) is 4.79 Å². The fourth-order valence-electron chi connectivity index (χ4n) is 1.35. The second-order valence-corrected chi connectivity index (χ2v) is 4.83. The molecule has 0 bridgehead atoms. The molecule has 0 fully saturated rings. The molecule has 0 radical (unpaired) electrons. The first-order valence-electron chi connectivity index (χ1n) is 6.76. The monoisotopic (exact) mass is 380 g/mol. The molecule has 0 spiro atoms. The zero-order chi connectivity index (χ0) is 20.5. The van der Waals surface area contributed by atoms with Gasteiger partial charge in [-0.1, -0.05) is 0 Å². The summed E-state index contributed by atoms with van der Waals surface area (Å²) in [5.74, 6) is -7.65. The standard InChI is InChI=1S/C12H16N2O12/c13-5(8(18)24-11(22)23)1-2-7(17)25-26-10(21)12(14,9(19)20)4-3-6(15)16/h5H,1-4,13-14H2,(H,15,16)(H,19,20)(H,22,23)/t5-,12?/m1/s1. The average Bonchev–Trinajstić information content (AvgIpc) is 2.54. The number of nitrogens with two attached hydrogens (primary N) is 2. The number of esters is 1. The van der Waals surface area contributed by atoms with Crippen LogP contribution in [-0.2, 0) is 38.5 Å². The van der Waals surface area contributed by atoms with Gasteiger partial charge in [0.25, 0.3) is 0 Å². The van der Waals surface area contributed by atoms with Crippen LogP contribution in [-0.4, -0.2) is 62.9 Å². The van der Waals surface area contributed by atoms with Crippen LogP contribution in [0.15, 0.2) is 0 Å². The lowest BCUT2D eigenvalue weighted by atomic mass is 9.95. The molecule has 0 aromatic rings. The van der Waals surface area contributed by atoms with Crippen molar-refractivity contribution in [3.05, 3.63) is 0 Å². The zero-order valence-electron chi connectivity index (χ0n) is 13.1. The first-order valence-corrected chi connectivity index (χ1v) is 6.76. The molecular formula is C12H16N2O12. The smallest absolute Gasteiger partial charge is 0.481 e. The molecule has 2 atom stereocenters. The summed E-state index contributed by atoms with van der Waals surface area (Å²) >= 11 is 0. The van der Waals surface area contributed by atoms with Crippen LogP contribution >= 0.6 is 0 Å². The Morgan fingerprint density at radius 3 is 2.00 bits per heavy atom. The number of hydrogen-bond donors (Lipinski definition) is 5. The quantitative estimate of drug-likeness (QED) is 0.125. The number of carboxylic acid groups (broad SMARTS) is 3. The highest BCUT2D eigenvalue weighted by molar-refractivity contribution is 6.04. The normalized spacial score (nSPS) is 13.6. The van der Waals surface area contributed by atoms with E-state index in [4.69, 9.17) is 26.8 Å². The van der Waals surface area contributed by atoms with Crippen molar-refractivity contribution in [1.29, 1.82) is 0 Å². The van der Waals surface area contributed by atoms with E-state index in [9.17, 15) is 28.8 Å². The number of carbonyl (C=O) groups excluding carboxylic acids is 3. The molecule has 146 valence electrons. The molecule has 1 unspecified atom stereocenters. The number of ether oxygens (including phenoxy) is 1. The largest absolute Gasteiger partial charge is 0.513 e. The fraction of sp³-hybridized carbons (Fsp3) is 0.500. The predicted molar refractivity (Wildman–Crippen MR) is 74.9 cm³/mol. The molecule has 0 amide bonds. The van der Waals surface area contributed by atoms with Crippen molar-refractivity contribution in [3.63, 3.8) is 0 Å². The van der Waals surface area contributed by atoms with Crippen molar-refractivity contribution >= 4 is 36.0 Å². The van der Waals surface area contributed by atoms with Crippen LogP contribution in [0.25, 0.3) is 0 Å². The van der Waals surface area contributed by atoms with E-state index >= 15 is 0 Å². The number of hydrogen-bond acceptors (Lipinski definition) is 11. The molecule has 0 saturated heterocycles. The fourth-order valence-corrected chi connectivity index (χ4v) is 1.35. The highest BCUT2D eigenvalue weighted by Gasteiger charge is 2.45.